The molecule has 0 unspecified atom stereocenters. The molecule has 0 radical (unpaired) electrons. The highest BCUT2D eigenvalue weighted by molar-refractivity contribution is 7.89. The van der Waals surface area contributed by atoms with Gasteiger partial charge in [0.2, 0.25) is 21.7 Å². The van der Waals surface area contributed by atoms with Crippen LogP contribution in [0.5, 0.6) is 17.2 Å². The molecule has 1 heterocycles. The maximum atomic E-state index is 12.5. The van der Waals surface area contributed by atoms with Crippen LogP contribution in [0.4, 0.5) is 5.69 Å². The summed E-state index contributed by atoms with van der Waals surface area (Å²) in [5.74, 6) is 2.36. The Morgan fingerprint density at radius 3 is 2.50 bits per heavy atom. The number of rotatable bonds is 10. The molecule has 1 aliphatic rings. The number of hydrogen-bond donors (Lipinski definition) is 2. The van der Waals surface area contributed by atoms with Gasteiger partial charge in [0.15, 0.2) is 0 Å². The minimum absolute atomic E-state index is 0.0188. The smallest absolute Gasteiger partial charge is 0.246 e. The van der Waals surface area contributed by atoms with Crippen molar-refractivity contribution in [3.8, 4) is 28.6 Å². The van der Waals surface area contributed by atoms with Gasteiger partial charge in [-0.15, -0.1) is 0 Å². The van der Waals surface area contributed by atoms with E-state index in [-0.39, 0.29) is 17.5 Å². The molecule has 32 heavy (non-hydrogen) atoms. The fourth-order valence-electron chi connectivity index (χ4n) is 3.07. The third-order valence-corrected chi connectivity index (χ3v) is 6.45. The first-order valence-electron chi connectivity index (χ1n) is 9.92. The lowest BCUT2D eigenvalue weighted by atomic mass is 10.2. The van der Waals surface area contributed by atoms with E-state index in [1.54, 1.807) is 38.5 Å². The first-order chi connectivity index (χ1) is 15.4. The summed E-state index contributed by atoms with van der Waals surface area (Å²) < 4.78 is 49.0. The fraction of sp³-hybridized carbons (Fsp3) is 0.333. The first kappa shape index (κ1) is 21.9. The van der Waals surface area contributed by atoms with Crippen molar-refractivity contribution >= 4 is 15.7 Å². The summed E-state index contributed by atoms with van der Waals surface area (Å²) in [5, 5.41) is 7.13. The molecule has 11 heteroatoms. The number of aromatic nitrogens is 2. The van der Waals surface area contributed by atoms with Crippen molar-refractivity contribution in [2.24, 2.45) is 0 Å². The standard InChI is InChI=1S/C21H24N4O6S/c1-28-14-6-8-16(19(10-14)30-3)21-23-20(31-24-21)12-22-17-11-15(7-9-18(17)29-2)32(26,27)25-13-4-5-13/h6-11,13,22,25H,4-5,12H2,1-3H3. The van der Waals surface area contributed by atoms with Crippen LogP contribution in [-0.2, 0) is 16.6 Å². The summed E-state index contributed by atoms with van der Waals surface area (Å²) in [4.78, 5) is 4.56. The van der Waals surface area contributed by atoms with E-state index in [0.29, 0.717) is 40.2 Å². The Morgan fingerprint density at radius 1 is 1.03 bits per heavy atom. The van der Waals surface area contributed by atoms with Gasteiger partial charge < -0.3 is 24.1 Å². The molecule has 0 aliphatic heterocycles. The van der Waals surface area contributed by atoms with E-state index in [4.69, 9.17) is 18.7 Å². The molecule has 4 rings (SSSR count). The molecule has 170 valence electrons. The van der Waals surface area contributed by atoms with Gasteiger partial charge >= 0.3 is 0 Å². The molecule has 1 aliphatic carbocycles. The lowest BCUT2D eigenvalue weighted by molar-refractivity contribution is 0.381. The summed E-state index contributed by atoms with van der Waals surface area (Å²) in [6.07, 6.45) is 1.72. The van der Waals surface area contributed by atoms with Gasteiger partial charge in [0.1, 0.15) is 17.2 Å². The fourth-order valence-corrected chi connectivity index (χ4v) is 4.40. The zero-order valence-electron chi connectivity index (χ0n) is 17.9. The number of methoxy groups -OCH3 is 3. The van der Waals surface area contributed by atoms with E-state index in [2.05, 4.69) is 20.2 Å². The van der Waals surface area contributed by atoms with Crippen LogP contribution >= 0.6 is 0 Å². The number of sulfonamides is 1. The molecule has 1 aromatic heterocycles. The molecule has 1 fully saturated rings. The van der Waals surface area contributed by atoms with Crippen molar-refractivity contribution in [2.75, 3.05) is 26.6 Å². The first-order valence-corrected chi connectivity index (χ1v) is 11.4. The van der Waals surface area contributed by atoms with Crippen molar-refractivity contribution in [3.63, 3.8) is 0 Å². The molecular formula is C21H24N4O6S. The van der Waals surface area contributed by atoms with Gasteiger partial charge in [-0.25, -0.2) is 13.1 Å². The summed E-state index contributed by atoms with van der Waals surface area (Å²) in [7, 11) is 1.04. The van der Waals surface area contributed by atoms with Crippen LogP contribution in [0, 0.1) is 0 Å². The highest BCUT2D eigenvalue weighted by Crippen LogP contribution is 2.32. The number of nitrogens with one attached hydrogen (secondary N) is 2. The predicted molar refractivity (Wildman–Crippen MR) is 117 cm³/mol. The Balaban J connectivity index is 1.52. The Labute approximate surface area is 185 Å². The van der Waals surface area contributed by atoms with Crippen LogP contribution < -0.4 is 24.2 Å². The molecule has 0 saturated heterocycles. The number of nitrogens with zero attached hydrogens (tertiary/aromatic N) is 2. The Morgan fingerprint density at radius 2 is 1.81 bits per heavy atom. The van der Waals surface area contributed by atoms with Gasteiger partial charge in [-0.3, -0.25) is 0 Å². The zero-order valence-corrected chi connectivity index (χ0v) is 18.7. The van der Waals surface area contributed by atoms with E-state index in [1.165, 1.54) is 19.2 Å². The number of hydrogen-bond acceptors (Lipinski definition) is 9. The number of anilines is 1. The van der Waals surface area contributed by atoms with Crippen LogP contribution in [0.15, 0.2) is 45.8 Å². The highest BCUT2D eigenvalue weighted by Gasteiger charge is 2.28. The van der Waals surface area contributed by atoms with Gasteiger partial charge in [-0.05, 0) is 43.2 Å². The Hall–Kier alpha value is -3.31. The maximum Gasteiger partial charge on any atom is 0.246 e. The lowest BCUT2D eigenvalue weighted by Gasteiger charge is -2.12. The van der Waals surface area contributed by atoms with Crippen molar-refractivity contribution in [1.82, 2.24) is 14.9 Å². The quantitative estimate of drug-likeness (QED) is 0.470. The molecule has 10 nitrogen and oxygen atoms in total. The van der Waals surface area contributed by atoms with E-state index in [1.807, 2.05) is 0 Å². The van der Waals surface area contributed by atoms with Crippen molar-refractivity contribution in [3.05, 3.63) is 42.3 Å². The second-order valence-corrected chi connectivity index (χ2v) is 8.90. The van der Waals surface area contributed by atoms with Crippen LogP contribution in [0.25, 0.3) is 11.4 Å². The molecule has 0 bridgehead atoms. The van der Waals surface area contributed by atoms with E-state index < -0.39 is 10.0 Å². The molecule has 1 saturated carbocycles. The monoisotopic (exact) mass is 460 g/mol. The van der Waals surface area contributed by atoms with E-state index >= 15 is 0 Å². The molecule has 2 N–H and O–H groups in total. The van der Waals surface area contributed by atoms with E-state index in [9.17, 15) is 8.42 Å². The predicted octanol–water partition coefficient (Wildman–Crippen LogP) is 2.82. The topological polar surface area (TPSA) is 125 Å². The third kappa shape index (κ3) is 4.78. The molecule has 3 aromatic rings. The van der Waals surface area contributed by atoms with Crippen molar-refractivity contribution in [1.29, 1.82) is 0 Å². The number of ether oxygens (including phenoxy) is 3. The average Bonchev–Trinajstić information content (AvgIpc) is 3.48. The third-order valence-electron chi connectivity index (χ3n) is 4.93. The number of benzene rings is 2. The van der Waals surface area contributed by atoms with Crippen LogP contribution in [0.2, 0.25) is 0 Å². The zero-order chi connectivity index (χ0) is 22.7. The minimum atomic E-state index is -3.59. The Kier molecular flexibility index (Phi) is 6.19. The second kappa shape index (κ2) is 9.05. The second-order valence-electron chi connectivity index (χ2n) is 7.19. The van der Waals surface area contributed by atoms with Crippen molar-refractivity contribution < 1.29 is 27.2 Å². The molecular weight excluding hydrogens is 436 g/mol. The largest absolute Gasteiger partial charge is 0.497 e. The highest BCUT2D eigenvalue weighted by atomic mass is 32.2. The minimum Gasteiger partial charge on any atom is -0.497 e. The van der Waals surface area contributed by atoms with Gasteiger partial charge in [0.05, 0.1) is 44.0 Å². The molecule has 2 aromatic carbocycles. The van der Waals surface area contributed by atoms with Crippen LogP contribution in [0.3, 0.4) is 0 Å². The average molecular weight is 461 g/mol. The Bertz CT molecular complexity index is 1210. The van der Waals surface area contributed by atoms with E-state index in [0.717, 1.165) is 12.8 Å². The molecule has 0 amide bonds. The van der Waals surface area contributed by atoms with Gasteiger partial charge in [0.25, 0.3) is 0 Å². The summed E-state index contributed by atoms with van der Waals surface area (Å²) in [6.45, 7) is 0.168. The lowest BCUT2D eigenvalue weighted by Crippen LogP contribution is -2.25. The maximum absolute atomic E-state index is 12.5. The normalized spacial score (nSPS) is 13.6. The summed E-state index contributed by atoms with van der Waals surface area (Å²) in [5.41, 5.74) is 1.15. The van der Waals surface area contributed by atoms with Gasteiger partial charge in [-0.2, -0.15) is 4.98 Å². The van der Waals surface area contributed by atoms with Gasteiger partial charge in [0, 0.05) is 12.1 Å². The van der Waals surface area contributed by atoms with Crippen LogP contribution in [0.1, 0.15) is 18.7 Å². The van der Waals surface area contributed by atoms with Crippen molar-refractivity contribution in [2.45, 2.75) is 30.3 Å². The van der Waals surface area contributed by atoms with Gasteiger partial charge in [-0.1, -0.05) is 5.16 Å². The molecule has 0 atom stereocenters. The molecule has 0 spiro atoms. The SMILES string of the molecule is COc1ccc(-c2noc(CNc3cc(S(=O)(=O)NC4CC4)ccc3OC)n2)c(OC)c1. The summed E-state index contributed by atoms with van der Waals surface area (Å²) in [6, 6.07) is 9.94. The summed E-state index contributed by atoms with van der Waals surface area (Å²) >= 11 is 0. The van der Waals surface area contributed by atoms with Crippen LogP contribution in [-0.4, -0.2) is 45.9 Å².